The van der Waals surface area contributed by atoms with Gasteiger partial charge in [-0.05, 0) is 12.1 Å². The third kappa shape index (κ3) is 1.52. The van der Waals surface area contributed by atoms with Crippen LogP contribution in [0.15, 0.2) is 35.3 Å². The van der Waals surface area contributed by atoms with Gasteiger partial charge in [-0.25, -0.2) is 4.79 Å². The largest absolute Gasteiger partial charge is 0.240 e. The molecule has 0 aliphatic carbocycles. The summed E-state index contributed by atoms with van der Waals surface area (Å²) in [6, 6.07) is 8.98. The standard InChI is InChI=1S/C7H5NO/c9-6-8-7-4-2-1-3-5-7/h1-5H/i6+1. The lowest BCUT2D eigenvalue weighted by Crippen LogP contribution is -1.59. The predicted molar refractivity (Wildman–Crippen MR) is 34.2 cm³/mol. The first-order valence-corrected chi connectivity index (χ1v) is 2.56. The molecule has 0 saturated carbocycles. The molecule has 2 heteroatoms. The van der Waals surface area contributed by atoms with E-state index in [0.29, 0.717) is 5.69 Å². The monoisotopic (exact) mass is 120 g/mol. The molecule has 0 atom stereocenters. The number of benzene rings is 1. The van der Waals surface area contributed by atoms with Gasteiger partial charge < -0.3 is 0 Å². The Kier molecular flexibility index (Phi) is 1.78. The fourth-order valence-corrected chi connectivity index (χ4v) is 0.555. The minimum Gasteiger partial charge on any atom is -0.211 e. The third-order valence-corrected chi connectivity index (χ3v) is 0.931. The van der Waals surface area contributed by atoms with Crippen LogP contribution in [0, 0.1) is 0 Å². The average molecular weight is 120 g/mol. The van der Waals surface area contributed by atoms with Crippen molar-refractivity contribution in [2.75, 3.05) is 0 Å². The molecule has 1 rings (SSSR count). The van der Waals surface area contributed by atoms with Gasteiger partial charge >= 0.3 is 0 Å². The van der Waals surface area contributed by atoms with Crippen molar-refractivity contribution in [3.63, 3.8) is 0 Å². The summed E-state index contributed by atoms with van der Waals surface area (Å²) in [7, 11) is 0. The molecule has 0 spiro atoms. The van der Waals surface area contributed by atoms with E-state index < -0.39 is 0 Å². The molecule has 0 N–H and O–H groups in total. The van der Waals surface area contributed by atoms with E-state index in [4.69, 9.17) is 0 Å². The molecule has 0 bridgehead atoms. The van der Waals surface area contributed by atoms with Gasteiger partial charge in [-0.3, -0.25) is 0 Å². The normalized spacial score (nSPS) is 8.00. The Bertz CT molecular complexity index is 224. The molecule has 44 valence electrons. The number of rotatable bonds is 1. The van der Waals surface area contributed by atoms with E-state index in [-0.39, 0.29) is 0 Å². The van der Waals surface area contributed by atoms with Crippen molar-refractivity contribution in [1.82, 2.24) is 0 Å². The number of para-hydroxylation sites is 1. The van der Waals surface area contributed by atoms with Gasteiger partial charge in [0.25, 0.3) is 0 Å². The molecule has 0 heterocycles. The van der Waals surface area contributed by atoms with Crippen molar-refractivity contribution in [1.29, 1.82) is 0 Å². The zero-order valence-corrected chi connectivity index (χ0v) is 4.74. The summed E-state index contributed by atoms with van der Waals surface area (Å²) in [6.45, 7) is 0. The first-order valence-electron chi connectivity index (χ1n) is 2.56. The first kappa shape index (κ1) is 5.73. The Morgan fingerprint density at radius 2 is 1.89 bits per heavy atom. The van der Waals surface area contributed by atoms with Crippen molar-refractivity contribution < 1.29 is 4.79 Å². The minimum atomic E-state index is 0.646. The van der Waals surface area contributed by atoms with Gasteiger partial charge in [0, 0.05) is 0 Å². The summed E-state index contributed by atoms with van der Waals surface area (Å²) >= 11 is 0. The fraction of sp³-hybridized carbons (Fsp3) is 0. The Balaban J connectivity index is 2.97. The van der Waals surface area contributed by atoms with Gasteiger partial charge in [-0.1, -0.05) is 18.2 Å². The van der Waals surface area contributed by atoms with Crippen LogP contribution in [0.25, 0.3) is 0 Å². The highest BCUT2D eigenvalue weighted by atomic mass is 16.2. The Morgan fingerprint density at radius 1 is 1.22 bits per heavy atom. The van der Waals surface area contributed by atoms with Gasteiger partial charge in [-0.2, -0.15) is 4.99 Å². The van der Waals surface area contributed by atoms with Gasteiger partial charge in [0.05, 0.1) is 5.69 Å². The summed E-state index contributed by atoms with van der Waals surface area (Å²) in [5.74, 6) is 0. The zero-order valence-electron chi connectivity index (χ0n) is 4.74. The number of carbonyl (C=O) groups excluding carboxylic acids is 1. The SMILES string of the molecule is O=[13C]=Nc1ccccc1. The first-order chi connectivity index (χ1) is 4.43. The summed E-state index contributed by atoms with van der Waals surface area (Å²) < 4.78 is 0. The number of hydrogen-bond donors (Lipinski definition) is 0. The van der Waals surface area contributed by atoms with Crippen LogP contribution in [0.3, 0.4) is 0 Å². The van der Waals surface area contributed by atoms with E-state index in [1.165, 1.54) is 6.08 Å². The maximum Gasteiger partial charge on any atom is 0.240 e. The highest BCUT2D eigenvalue weighted by Gasteiger charge is 1.79. The highest BCUT2D eigenvalue weighted by Crippen LogP contribution is 2.06. The Morgan fingerprint density at radius 3 is 2.44 bits per heavy atom. The molecule has 0 amide bonds. The van der Waals surface area contributed by atoms with Crippen molar-refractivity contribution in [2.45, 2.75) is 0 Å². The maximum absolute atomic E-state index is 9.68. The molecule has 9 heavy (non-hydrogen) atoms. The lowest BCUT2D eigenvalue weighted by atomic mass is 10.3. The van der Waals surface area contributed by atoms with Crippen molar-refractivity contribution >= 4 is 11.8 Å². The summed E-state index contributed by atoms with van der Waals surface area (Å²) in [5, 5.41) is 0. The molecular formula is C7H5NO. The van der Waals surface area contributed by atoms with E-state index in [9.17, 15) is 4.79 Å². The molecule has 0 aliphatic rings. The smallest absolute Gasteiger partial charge is 0.211 e. The van der Waals surface area contributed by atoms with Crippen LogP contribution in [-0.4, -0.2) is 6.08 Å². The van der Waals surface area contributed by atoms with Gasteiger partial charge in [0.15, 0.2) is 0 Å². The average Bonchev–Trinajstić information content (AvgIpc) is 1.91. The van der Waals surface area contributed by atoms with E-state index in [1.807, 2.05) is 18.2 Å². The minimum absolute atomic E-state index is 0.646. The number of nitrogens with zero attached hydrogens (tertiary/aromatic N) is 1. The van der Waals surface area contributed by atoms with Crippen molar-refractivity contribution in [2.24, 2.45) is 4.99 Å². The molecule has 0 unspecified atom stereocenters. The van der Waals surface area contributed by atoms with E-state index in [1.54, 1.807) is 12.1 Å². The summed E-state index contributed by atoms with van der Waals surface area (Å²) in [5.41, 5.74) is 0.646. The number of hydrogen-bond acceptors (Lipinski definition) is 2. The predicted octanol–water partition coefficient (Wildman–Crippen LogP) is 1.65. The fourth-order valence-electron chi connectivity index (χ4n) is 0.555. The molecule has 0 radical (unpaired) electrons. The zero-order chi connectivity index (χ0) is 6.53. The number of aliphatic imine (C=N–C) groups is 1. The van der Waals surface area contributed by atoms with Crippen molar-refractivity contribution in [3.05, 3.63) is 30.3 Å². The van der Waals surface area contributed by atoms with Crippen LogP contribution in [0.4, 0.5) is 5.69 Å². The van der Waals surface area contributed by atoms with E-state index in [0.717, 1.165) is 0 Å². The topological polar surface area (TPSA) is 29.4 Å². The molecule has 0 fully saturated rings. The molecular weight excluding hydrogens is 115 g/mol. The Hall–Kier alpha value is -1.40. The van der Waals surface area contributed by atoms with E-state index in [2.05, 4.69) is 4.99 Å². The van der Waals surface area contributed by atoms with Crippen LogP contribution >= 0.6 is 0 Å². The second-order valence-electron chi connectivity index (χ2n) is 1.54. The quantitative estimate of drug-likeness (QED) is 0.315. The van der Waals surface area contributed by atoms with Crippen LogP contribution in [0.1, 0.15) is 0 Å². The Labute approximate surface area is 52.9 Å². The second-order valence-corrected chi connectivity index (χ2v) is 1.54. The molecule has 0 aromatic heterocycles. The molecule has 0 aliphatic heterocycles. The summed E-state index contributed by atoms with van der Waals surface area (Å²) in [4.78, 5) is 13.1. The molecule has 0 saturated heterocycles. The second kappa shape index (κ2) is 2.80. The van der Waals surface area contributed by atoms with Crippen LogP contribution in [-0.2, 0) is 4.79 Å². The highest BCUT2D eigenvalue weighted by molar-refractivity contribution is 5.47. The lowest BCUT2D eigenvalue weighted by Gasteiger charge is -1.83. The van der Waals surface area contributed by atoms with Crippen molar-refractivity contribution in [3.8, 4) is 0 Å². The lowest BCUT2D eigenvalue weighted by molar-refractivity contribution is 0.565. The van der Waals surface area contributed by atoms with Crippen LogP contribution < -0.4 is 0 Å². The maximum atomic E-state index is 9.68. The van der Waals surface area contributed by atoms with Crippen LogP contribution in [0.5, 0.6) is 0 Å². The number of isocyanates is 1. The summed E-state index contributed by atoms with van der Waals surface area (Å²) in [6.07, 6.45) is 1.46. The van der Waals surface area contributed by atoms with E-state index >= 15 is 0 Å². The molecule has 1 aromatic rings. The third-order valence-electron chi connectivity index (χ3n) is 0.931. The molecule has 1 aromatic carbocycles. The molecule has 2 nitrogen and oxygen atoms in total. The van der Waals surface area contributed by atoms with Gasteiger partial charge in [-0.15, -0.1) is 0 Å². The van der Waals surface area contributed by atoms with Gasteiger partial charge in [0.2, 0.25) is 6.08 Å². The van der Waals surface area contributed by atoms with Gasteiger partial charge in [0.1, 0.15) is 0 Å². The van der Waals surface area contributed by atoms with Crippen LogP contribution in [0.2, 0.25) is 0 Å².